The summed E-state index contributed by atoms with van der Waals surface area (Å²) in [5.74, 6) is -0.423. The fourth-order valence-corrected chi connectivity index (χ4v) is 2.18. The van der Waals surface area contributed by atoms with Gasteiger partial charge in [0.2, 0.25) is 0 Å². The molecule has 0 saturated carbocycles. The van der Waals surface area contributed by atoms with Gasteiger partial charge < -0.3 is 5.32 Å². The van der Waals surface area contributed by atoms with Gasteiger partial charge in [0.15, 0.2) is 0 Å². The summed E-state index contributed by atoms with van der Waals surface area (Å²) in [7, 11) is 0. The molecule has 0 radical (unpaired) electrons. The van der Waals surface area contributed by atoms with E-state index in [9.17, 15) is 22.8 Å². The van der Waals surface area contributed by atoms with Gasteiger partial charge in [-0.1, -0.05) is 19.8 Å². The van der Waals surface area contributed by atoms with E-state index in [4.69, 9.17) is 0 Å². The molecule has 7 heteroatoms. The highest BCUT2D eigenvalue weighted by atomic mass is 19.4. The Labute approximate surface area is 119 Å². The lowest BCUT2D eigenvalue weighted by Gasteiger charge is -2.14. The van der Waals surface area contributed by atoms with E-state index in [0.29, 0.717) is 6.42 Å². The monoisotopic (exact) mass is 300 g/mol. The molecule has 0 bridgehead atoms. The fraction of sp³-hybridized carbons (Fsp3) is 0.429. The summed E-state index contributed by atoms with van der Waals surface area (Å²) in [4.78, 5) is 24.8. The molecule has 1 N–H and O–H groups in total. The second-order valence-corrected chi connectivity index (χ2v) is 4.86. The average molecular weight is 300 g/mol. The number of benzene rings is 1. The summed E-state index contributed by atoms with van der Waals surface area (Å²) < 4.78 is 37.5. The van der Waals surface area contributed by atoms with Gasteiger partial charge in [-0.2, -0.15) is 13.2 Å². The van der Waals surface area contributed by atoms with Gasteiger partial charge in [0.05, 0.1) is 11.3 Å². The second kappa shape index (κ2) is 5.75. The Morgan fingerprint density at radius 3 is 2.33 bits per heavy atom. The first-order chi connectivity index (χ1) is 9.84. The third-order valence-electron chi connectivity index (χ3n) is 3.32. The van der Waals surface area contributed by atoms with E-state index in [1.807, 2.05) is 6.92 Å². The molecule has 0 aromatic heterocycles. The molecule has 21 heavy (non-hydrogen) atoms. The molecule has 1 unspecified atom stereocenters. The fourth-order valence-electron chi connectivity index (χ4n) is 2.18. The number of rotatable bonds is 4. The van der Waals surface area contributed by atoms with Gasteiger partial charge in [-0.25, -0.2) is 9.69 Å². The van der Waals surface area contributed by atoms with Crippen LogP contribution < -0.4 is 10.2 Å². The largest absolute Gasteiger partial charge is 0.416 e. The van der Waals surface area contributed by atoms with Gasteiger partial charge in [0, 0.05) is 0 Å². The Morgan fingerprint density at radius 2 is 1.81 bits per heavy atom. The number of unbranched alkanes of at least 4 members (excludes halogenated alkanes) is 1. The quantitative estimate of drug-likeness (QED) is 0.867. The smallest absolute Gasteiger partial charge is 0.325 e. The van der Waals surface area contributed by atoms with Gasteiger partial charge in [-0.05, 0) is 30.7 Å². The number of hydrogen-bond donors (Lipinski definition) is 1. The molecular formula is C14H15F3N2O2. The lowest BCUT2D eigenvalue weighted by molar-refractivity contribution is -0.137. The zero-order valence-corrected chi connectivity index (χ0v) is 11.4. The van der Waals surface area contributed by atoms with E-state index < -0.39 is 29.7 Å². The highest BCUT2D eigenvalue weighted by Gasteiger charge is 2.39. The van der Waals surface area contributed by atoms with Crippen LogP contribution in [0.1, 0.15) is 31.7 Å². The zero-order chi connectivity index (χ0) is 15.6. The van der Waals surface area contributed by atoms with Crippen molar-refractivity contribution >= 4 is 17.6 Å². The Bertz CT molecular complexity index is 540. The van der Waals surface area contributed by atoms with Crippen LogP contribution in [-0.4, -0.2) is 18.0 Å². The normalized spacial score (nSPS) is 19.0. The number of hydrogen-bond acceptors (Lipinski definition) is 2. The maximum atomic E-state index is 12.5. The zero-order valence-electron chi connectivity index (χ0n) is 11.4. The predicted molar refractivity (Wildman–Crippen MR) is 70.8 cm³/mol. The molecule has 1 aliphatic heterocycles. The van der Waals surface area contributed by atoms with Crippen molar-refractivity contribution in [2.75, 3.05) is 4.90 Å². The Kier molecular flexibility index (Phi) is 4.20. The average Bonchev–Trinajstić information content (AvgIpc) is 2.70. The van der Waals surface area contributed by atoms with Crippen molar-refractivity contribution in [2.45, 2.75) is 38.4 Å². The highest BCUT2D eigenvalue weighted by Crippen LogP contribution is 2.31. The van der Waals surface area contributed by atoms with Crippen LogP contribution in [0.25, 0.3) is 0 Å². The second-order valence-electron chi connectivity index (χ2n) is 4.86. The first kappa shape index (κ1) is 15.3. The minimum absolute atomic E-state index is 0.143. The summed E-state index contributed by atoms with van der Waals surface area (Å²) >= 11 is 0. The molecular weight excluding hydrogens is 285 g/mol. The van der Waals surface area contributed by atoms with E-state index in [1.54, 1.807) is 0 Å². The lowest BCUT2D eigenvalue weighted by atomic mass is 10.1. The van der Waals surface area contributed by atoms with Crippen LogP contribution in [0.3, 0.4) is 0 Å². The van der Waals surface area contributed by atoms with Gasteiger partial charge in [-0.15, -0.1) is 0 Å². The topological polar surface area (TPSA) is 49.4 Å². The van der Waals surface area contributed by atoms with Crippen LogP contribution in [0, 0.1) is 0 Å². The number of amides is 3. The molecule has 4 nitrogen and oxygen atoms in total. The molecule has 3 amide bonds. The van der Waals surface area contributed by atoms with Crippen molar-refractivity contribution < 1.29 is 22.8 Å². The molecule has 0 spiro atoms. The maximum Gasteiger partial charge on any atom is 0.416 e. The molecule has 0 aliphatic carbocycles. The Morgan fingerprint density at radius 1 is 1.19 bits per heavy atom. The number of alkyl halides is 3. The molecule has 1 aromatic carbocycles. The minimum atomic E-state index is -4.44. The van der Waals surface area contributed by atoms with Gasteiger partial charge in [0.1, 0.15) is 6.04 Å². The predicted octanol–water partition coefficient (Wildman–Crippen LogP) is 3.32. The number of carbonyl (C=O) groups is 2. The molecule has 114 valence electrons. The summed E-state index contributed by atoms with van der Waals surface area (Å²) in [6, 6.07) is 2.77. The summed E-state index contributed by atoms with van der Waals surface area (Å²) in [5, 5.41) is 2.55. The van der Waals surface area contributed by atoms with Crippen molar-refractivity contribution in [1.82, 2.24) is 5.32 Å². The highest BCUT2D eigenvalue weighted by molar-refractivity contribution is 6.21. The SMILES string of the molecule is CCCCC1NC(=O)N(c2ccc(C(F)(F)F)cc2)C1=O. The third kappa shape index (κ3) is 3.17. The van der Waals surface area contributed by atoms with Crippen molar-refractivity contribution in [1.29, 1.82) is 0 Å². The number of anilines is 1. The number of imide groups is 1. The summed E-state index contributed by atoms with van der Waals surface area (Å²) in [6.07, 6.45) is -2.24. The van der Waals surface area contributed by atoms with Crippen molar-refractivity contribution in [2.24, 2.45) is 0 Å². The number of carbonyl (C=O) groups excluding carboxylic acids is 2. The van der Waals surface area contributed by atoms with Crippen LogP contribution in [0.15, 0.2) is 24.3 Å². The van der Waals surface area contributed by atoms with Crippen LogP contribution in [0.4, 0.5) is 23.7 Å². The Balaban J connectivity index is 2.18. The van der Waals surface area contributed by atoms with Crippen LogP contribution in [-0.2, 0) is 11.0 Å². The summed E-state index contributed by atoms with van der Waals surface area (Å²) in [6.45, 7) is 1.97. The van der Waals surface area contributed by atoms with E-state index in [1.165, 1.54) is 0 Å². The molecule has 1 saturated heterocycles. The summed E-state index contributed by atoms with van der Waals surface area (Å²) in [5.41, 5.74) is -0.676. The van der Waals surface area contributed by atoms with E-state index in [0.717, 1.165) is 42.0 Å². The van der Waals surface area contributed by atoms with Gasteiger partial charge >= 0.3 is 12.2 Å². The molecule has 1 atom stereocenters. The van der Waals surface area contributed by atoms with Crippen molar-refractivity contribution in [3.8, 4) is 0 Å². The first-order valence-corrected chi connectivity index (χ1v) is 6.66. The minimum Gasteiger partial charge on any atom is -0.325 e. The van der Waals surface area contributed by atoms with Crippen molar-refractivity contribution in [3.05, 3.63) is 29.8 Å². The van der Waals surface area contributed by atoms with Crippen molar-refractivity contribution in [3.63, 3.8) is 0 Å². The van der Waals surface area contributed by atoms with Gasteiger partial charge in [-0.3, -0.25) is 4.79 Å². The number of nitrogens with zero attached hydrogens (tertiary/aromatic N) is 1. The van der Waals surface area contributed by atoms with Crippen LogP contribution in [0.5, 0.6) is 0 Å². The van der Waals surface area contributed by atoms with Gasteiger partial charge in [0.25, 0.3) is 5.91 Å². The molecule has 1 aliphatic rings. The van der Waals surface area contributed by atoms with Crippen LogP contribution in [0.2, 0.25) is 0 Å². The third-order valence-corrected chi connectivity index (χ3v) is 3.32. The molecule has 1 heterocycles. The first-order valence-electron chi connectivity index (χ1n) is 6.66. The maximum absolute atomic E-state index is 12.5. The van der Waals surface area contributed by atoms with E-state index in [2.05, 4.69) is 5.32 Å². The molecule has 2 rings (SSSR count). The Hall–Kier alpha value is -2.05. The number of halogens is 3. The number of urea groups is 1. The molecule has 1 aromatic rings. The number of nitrogens with one attached hydrogen (secondary N) is 1. The van der Waals surface area contributed by atoms with Crippen LogP contribution >= 0.6 is 0 Å². The van der Waals surface area contributed by atoms with E-state index in [-0.39, 0.29) is 5.69 Å². The van der Waals surface area contributed by atoms with E-state index >= 15 is 0 Å². The molecule has 1 fully saturated rings. The standard InChI is InChI=1S/C14H15F3N2O2/c1-2-3-4-11-12(20)19(13(21)18-11)10-7-5-9(6-8-10)14(15,16)17/h5-8,11H,2-4H2,1H3,(H,18,21). The lowest BCUT2D eigenvalue weighted by Crippen LogP contribution is -2.31.